The highest BCUT2D eigenvalue weighted by Gasteiger charge is 2.24. The molecule has 0 fully saturated rings. The van der Waals surface area contributed by atoms with Crippen LogP contribution in [0.2, 0.25) is 0 Å². The average molecular weight is 211 g/mol. The van der Waals surface area contributed by atoms with E-state index in [1.165, 1.54) is 0 Å². The second-order valence-corrected chi connectivity index (χ2v) is 4.12. The van der Waals surface area contributed by atoms with Crippen molar-refractivity contribution in [1.82, 2.24) is 0 Å². The van der Waals surface area contributed by atoms with Crippen LogP contribution in [-0.2, 0) is 6.42 Å². The van der Waals surface area contributed by atoms with Crippen molar-refractivity contribution in [3.05, 3.63) is 23.8 Å². The Morgan fingerprint density at radius 2 is 2.27 bits per heavy atom. The van der Waals surface area contributed by atoms with Crippen molar-refractivity contribution in [3.63, 3.8) is 0 Å². The van der Waals surface area contributed by atoms with Gasteiger partial charge in [-0.3, -0.25) is 0 Å². The Bertz CT molecular complexity index is 366. The lowest BCUT2D eigenvalue weighted by atomic mass is 9.94. The number of fused-ring (bicyclic) bond motifs is 1. The monoisotopic (exact) mass is 211 g/mol. The zero-order valence-electron chi connectivity index (χ0n) is 8.63. The Labute approximate surface area is 88.0 Å². The molecule has 0 saturated heterocycles. The summed E-state index contributed by atoms with van der Waals surface area (Å²) in [7, 11) is 0. The fourth-order valence-corrected chi connectivity index (χ4v) is 1.61. The molecule has 1 aromatic rings. The molecule has 1 aliphatic heterocycles. The minimum Gasteiger partial charge on any atom is -0.454 e. The van der Waals surface area contributed by atoms with Crippen molar-refractivity contribution in [2.24, 2.45) is 5.73 Å². The molecule has 0 bridgehead atoms. The summed E-state index contributed by atoms with van der Waals surface area (Å²) < 4.78 is 23.2. The maximum absolute atomic E-state index is 12.6. The normalized spacial score (nSPS) is 17.5. The van der Waals surface area contributed by atoms with Gasteiger partial charge in [0.05, 0.1) is 0 Å². The number of para-hydroxylation sites is 1. The lowest BCUT2D eigenvalue weighted by molar-refractivity contribution is 0.172. The van der Waals surface area contributed by atoms with Gasteiger partial charge in [0.15, 0.2) is 11.5 Å². The molecule has 0 saturated carbocycles. The molecule has 0 spiro atoms. The van der Waals surface area contributed by atoms with E-state index in [1.54, 1.807) is 6.92 Å². The van der Waals surface area contributed by atoms with Crippen LogP contribution in [-0.4, -0.2) is 19.0 Å². The third-order valence-corrected chi connectivity index (χ3v) is 2.38. The summed E-state index contributed by atoms with van der Waals surface area (Å²) in [5.41, 5.74) is 5.82. The van der Waals surface area contributed by atoms with Crippen molar-refractivity contribution in [2.45, 2.75) is 18.9 Å². The summed E-state index contributed by atoms with van der Waals surface area (Å²) >= 11 is 0. The lowest BCUT2D eigenvalue weighted by Crippen LogP contribution is -2.40. The van der Waals surface area contributed by atoms with Crippen LogP contribution in [0.4, 0.5) is 4.39 Å². The molecular weight excluding hydrogens is 197 g/mol. The maximum Gasteiger partial charge on any atom is 0.231 e. The second-order valence-electron chi connectivity index (χ2n) is 4.12. The van der Waals surface area contributed by atoms with Gasteiger partial charge in [0.2, 0.25) is 6.79 Å². The van der Waals surface area contributed by atoms with Gasteiger partial charge in [0.25, 0.3) is 0 Å². The van der Waals surface area contributed by atoms with Gasteiger partial charge in [-0.25, -0.2) is 4.39 Å². The number of nitrogens with two attached hydrogens (primary N) is 1. The third-order valence-electron chi connectivity index (χ3n) is 2.38. The largest absolute Gasteiger partial charge is 0.454 e. The first kappa shape index (κ1) is 10.2. The Hall–Kier alpha value is -1.29. The average Bonchev–Trinajstić information content (AvgIpc) is 2.66. The topological polar surface area (TPSA) is 44.5 Å². The van der Waals surface area contributed by atoms with Gasteiger partial charge in [0, 0.05) is 11.1 Å². The quantitative estimate of drug-likeness (QED) is 0.826. The van der Waals surface area contributed by atoms with Gasteiger partial charge in [0.1, 0.15) is 6.67 Å². The molecular formula is C11H14FNO2. The van der Waals surface area contributed by atoms with Crippen LogP contribution in [0.25, 0.3) is 0 Å². The molecule has 4 heteroatoms. The van der Waals surface area contributed by atoms with Crippen molar-refractivity contribution in [3.8, 4) is 11.5 Å². The summed E-state index contributed by atoms with van der Waals surface area (Å²) in [5, 5.41) is 0. The van der Waals surface area contributed by atoms with Crippen molar-refractivity contribution < 1.29 is 13.9 Å². The highest BCUT2D eigenvalue weighted by atomic mass is 19.1. The molecule has 1 aliphatic rings. The second kappa shape index (κ2) is 3.70. The number of halogens is 1. The van der Waals surface area contributed by atoms with E-state index in [9.17, 15) is 4.39 Å². The smallest absolute Gasteiger partial charge is 0.231 e. The third kappa shape index (κ3) is 2.04. The van der Waals surface area contributed by atoms with Gasteiger partial charge in [-0.15, -0.1) is 0 Å². The van der Waals surface area contributed by atoms with Gasteiger partial charge < -0.3 is 15.2 Å². The van der Waals surface area contributed by atoms with E-state index in [1.807, 2.05) is 18.2 Å². The lowest BCUT2D eigenvalue weighted by Gasteiger charge is -2.21. The molecule has 15 heavy (non-hydrogen) atoms. The SMILES string of the molecule is CC(N)(CF)Cc1cccc2c1OCO2. The number of hydrogen-bond acceptors (Lipinski definition) is 3. The number of rotatable bonds is 3. The minimum absolute atomic E-state index is 0.225. The summed E-state index contributed by atoms with van der Waals surface area (Å²) in [6.07, 6.45) is 0.441. The fraction of sp³-hybridized carbons (Fsp3) is 0.455. The van der Waals surface area contributed by atoms with E-state index >= 15 is 0 Å². The zero-order valence-corrected chi connectivity index (χ0v) is 8.63. The highest BCUT2D eigenvalue weighted by molar-refractivity contribution is 5.48. The van der Waals surface area contributed by atoms with Crippen LogP contribution < -0.4 is 15.2 Å². The molecule has 3 nitrogen and oxygen atoms in total. The van der Waals surface area contributed by atoms with Gasteiger partial charge in [-0.1, -0.05) is 12.1 Å². The van der Waals surface area contributed by atoms with Crippen molar-refractivity contribution in [2.75, 3.05) is 13.5 Å². The predicted molar refractivity (Wildman–Crippen MR) is 54.8 cm³/mol. The first-order chi connectivity index (χ1) is 7.12. The maximum atomic E-state index is 12.6. The first-order valence-electron chi connectivity index (χ1n) is 4.85. The van der Waals surface area contributed by atoms with Gasteiger partial charge in [-0.05, 0) is 19.4 Å². The van der Waals surface area contributed by atoms with Crippen LogP contribution in [0.3, 0.4) is 0 Å². The Morgan fingerprint density at radius 1 is 1.47 bits per heavy atom. The number of hydrogen-bond donors (Lipinski definition) is 1. The Morgan fingerprint density at radius 3 is 3.00 bits per heavy atom. The molecule has 1 unspecified atom stereocenters. The van der Waals surface area contributed by atoms with E-state index < -0.39 is 12.2 Å². The van der Waals surface area contributed by atoms with E-state index in [4.69, 9.17) is 15.2 Å². The summed E-state index contributed by atoms with van der Waals surface area (Å²) in [6, 6.07) is 5.57. The zero-order chi connectivity index (χ0) is 10.9. The van der Waals surface area contributed by atoms with Crippen molar-refractivity contribution in [1.29, 1.82) is 0 Å². The van der Waals surface area contributed by atoms with Crippen LogP contribution >= 0.6 is 0 Å². The van der Waals surface area contributed by atoms with Crippen LogP contribution in [0, 0.1) is 0 Å². The fourth-order valence-electron chi connectivity index (χ4n) is 1.61. The highest BCUT2D eigenvalue weighted by Crippen LogP contribution is 2.36. The molecule has 0 aliphatic carbocycles. The molecule has 82 valence electrons. The molecule has 1 atom stereocenters. The Balaban J connectivity index is 2.26. The molecule has 1 aromatic carbocycles. The molecule has 1 heterocycles. The predicted octanol–water partition coefficient (Wildman–Crippen LogP) is 1.64. The molecule has 2 rings (SSSR count). The van der Waals surface area contributed by atoms with E-state index in [-0.39, 0.29) is 6.79 Å². The van der Waals surface area contributed by atoms with E-state index in [0.29, 0.717) is 17.9 Å². The summed E-state index contributed by atoms with van der Waals surface area (Å²) in [6.45, 7) is 1.35. The number of benzene rings is 1. The summed E-state index contributed by atoms with van der Waals surface area (Å²) in [4.78, 5) is 0. The van der Waals surface area contributed by atoms with Crippen molar-refractivity contribution >= 4 is 0 Å². The molecule has 0 radical (unpaired) electrons. The molecule has 0 amide bonds. The Kier molecular flexibility index (Phi) is 2.52. The minimum atomic E-state index is -0.846. The van der Waals surface area contributed by atoms with E-state index in [0.717, 1.165) is 5.56 Å². The first-order valence-corrected chi connectivity index (χ1v) is 4.85. The molecule has 0 aromatic heterocycles. The van der Waals surface area contributed by atoms with Gasteiger partial charge >= 0.3 is 0 Å². The van der Waals surface area contributed by atoms with E-state index in [2.05, 4.69) is 0 Å². The summed E-state index contributed by atoms with van der Waals surface area (Å²) in [5.74, 6) is 1.41. The van der Waals surface area contributed by atoms with Crippen LogP contribution in [0.15, 0.2) is 18.2 Å². The van der Waals surface area contributed by atoms with Crippen LogP contribution in [0.1, 0.15) is 12.5 Å². The molecule has 2 N–H and O–H groups in total. The van der Waals surface area contributed by atoms with Gasteiger partial charge in [-0.2, -0.15) is 0 Å². The number of ether oxygens (including phenoxy) is 2. The number of alkyl halides is 1. The van der Waals surface area contributed by atoms with Crippen LogP contribution in [0.5, 0.6) is 11.5 Å². The standard InChI is InChI=1S/C11H14FNO2/c1-11(13,6-12)5-8-3-2-4-9-10(8)15-7-14-9/h2-4H,5-7,13H2,1H3.